The molecule has 9 heteroatoms. The van der Waals surface area contributed by atoms with Crippen LogP contribution in [0.15, 0.2) is 60.8 Å². The number of benzene rings is 2. The van der Waals surface area contributed by atoms with Crippen molar-refractivity contribution in [1.82, 2.24) is 4.98 Å². The first-order valence-corrected chi connectivity index (χ1v) is 9.55. The molecule has 0 unspecified atom stereocenters. The fraction of sp³-hybridized carbons (Fsp3) is 0.136. The molecule has 1 heterocycles. The molecule has 0 radical (unpaired) electrons. The van der Waals surface area contributed by atoms with Gasteiger partial charge in [-0.25, -0.2) is 4.98 Å². The summed E-state index contributed by atoms with van der Waals surface area (Å²) in [6.07, 6.45) is -3.20. The van der Waals surface area contributed by atoms with Gasteiger partial charge in [0.25, 0.3) is 5.91 Å². The number of rotatable bonds is 6. The fourth-order valence-corrected chi connectivity index (χ4v) is 3.21. The standard InChI is InChI=1S/C22H18ClF3N4O/c1-13(27)18-19(23)17(12-29-20(18)28-11-14-5-3-2-4-6-14)21(31)30-16-9-7-15(8-10-16)22(24,25)26/h2-10,12,27H,11H2,1H3,(H,28,29)(H,30,31). The highest BCUT2D eigenvalue weighted by atomic mass is 35.5. The maximum absolute atomic E-state index is 12.7. The van der Waals surface area contributed by atoms with Gasteiger partial charge in [0.05, 0.1) is 21.7 Å². The molecule has 5 nitrogen and oxygen atoms in total. The Morgan fingerprint density at radius 3 is 2.32 bits per heavy atom. The van der Waals surface area contributed by atoms with E-state index in [9.17, 15) is 18.0 Å². The summed E-state index contributed by atoms with van der Waals surface area (Å²) in [7, 11) is 0. The normalized spacial score (nSPS) is 11.1. The number of amides is 1. The number of carbonyl (C=O) groups is 1. The van der Waals surface area contributed by atoms with Crippen LogP contribution in [0.1, 0.15) is 34.0 Å². The van der Waals surface area contributed by atoms with Gasteiger partial charge in [0.15, 0.2) is 0 Å². The average Bonchev–Trinajstić information content (AvgIpc) is 2.72. The van der Waals surface area contributed by atoms with Crippen LogP contribution in [0.4, 0.5) is 24.7 Å². The maximum Gasteiger partial charge on any atom is 0.416 e. The Kier molecular flexibility index (Phi) is 6.60. The van der Waals surface area contributed by atoms with Gasteiger partial charge >= 0.3 is 6.18 Å². The Bertz CT molecular complexity index is 1100. The van der Waals surface area contributed by atoms with Gasteiger partial charge in [0, 0.05) is 24.1 Å². The third-order valence-electron chi connectivity index (χ3n) is 4.41. The van der Waals surface area contributed by atoms with Crippen molar-refractivity contribution in [2.24, 2.45) is 0 Å². The van der Waals surface area contributed by atoms with E-state index < -0.39 is 17.6 Å². The van der Waals surface area contributed by atoms with E-state index in [-0.39, 0.29) is 27.5 Å². The van der Waals surface area contributed by atoms with Gasteiger partial charge in [0.1, 0.15) is 5.82 Å². The van der Waals surface area contributed by atoms with E-state index in [1.54, 1.807) is 0 Å². The fourth-order valence-electron chi connectivity index (χ4n) is 2.85. The topological polar surface area (TPSA) is 77.9 Å². The second kappa shape index (κ2) is 9.18. The summed E-state index contributed by atoms with van der Waals surface area (Å²) in [5.41, 5.74) is 0.746. The number of anilines is 2. The number of carbonyl (C=O) groups excluding carboxylic acids is 1. The van der Waals surface area contributed by atoms with Gasteiger partial charge in [-0.1, -0.05) is 41.9 Å². The molecule has 3 N–H and O–H groups in total. The molecule has 31 heavy (non-hydrogen) atoms. The van der Waals surface area contributed by atoms with Gasteiger partial charge in [-0.3, -0.25) is 4.79 Å². The van der Waals surface area contributed by atoms with Crippen molar-refractivity contribution >= 4 is 34.7 Å². The van der Waals surface area contributed by atoms with E-state index in [0.717, 1.165) is 29.8 Å². The molecular weight excluding hydrogens is 429 g/mol. The van der Waals surface area contributed by atoms with E-state index in [2.05, 4.69) is 15.6 Å². The quantitative estimate of drug-likeness (QED) is 0.406. The molecule has 0 aliphatic heterocycles. The van der Waals surface area contributed by atoms with Crippen molar-refractivity contribution < 1.29 is 18.0 Å². The van der Waals surface area contributed by atoms with Gasteiger partial charge < -0.3 is 16.0 Å². The summed E-state index contributed by atoms with van der Waals surface area (Å²) in [5, 5.41) is 13.7. The zero-order chi connectivity index (χ0) is 22.6. The van der Waals surface area contributed by atoms with Crippen molar-refractivity contribution in [3.8, 4) is 0 Å². The molecule has 2 aromatic carbocycles. The average molecular weight is 447 g/mol. The van der Waals surface area contributed by atoms with Crippen molar-refractivity contribution in [1.29, 1.82) is 5.41 Å². The van der Waals surface area contributed by atoms with E-state index in [1.165, 1.54) is 13.1 Å². The highest BCUT2D eigenvalue weighted by molar-refractivity contribution is 6.38. The van der Waals surface area contributed by atoms with Crippen molar-refractivity contribution in [2.45, 2.75) is 19.6 Å². The van der Waals surface area contributed by atoms with Gasteiger partial charge in [0.2, 0.25) is 0 Å². The lowest BCUT2D eigenvalue weighted by atomic mass is 10.1. The summed E-state index contributed by atoms with van der Waals surface area (Å²) >= 11 is 6.41. The lowest BCUT2D eigenvalue weighted by Gasteiger charge is -2.15. The van der Waals surface area contributed by atoms with Crippen LogP contribution >= 0.6 is 11.6 Å². The molecule has 1 amide bonds. The van der Waals surface area contributed by atoms with Crippen LogP contribution in [-0.4, -0.2) is 16.6 Å². The summed E-state index contributed by atoms with van der Waals surface area (Å²) in [6.45, 7) is 1.97. The zero-order valence-electron chi connectivity index (χ0n) is 16.3. The minimum Gasteiger partial charge on any atom is -0.365 e. The monoisotopic (exact) mass is 446 g/mol. The van der Waals surface area contributed by atoms with E-state index >= 15 is 0 Å². The lowest BCUT2D eigenvalue weighted by Crippen LogP contribution is -2.16. The van der Waals surface area contributed by atoms with Crippen LogP contribution in [0.2, 0.25) is 5.02 Å². The molecule has 0 fully saturated rings. The van der Waals surface area contributed by atoms with Crippen LogP contribution in [0, 0.1) is 5.41 Å². The molecular formula is C22H18ClF3N4O. The minimum absolute atomic E-state index is 0.00780. The Morgan fingerprint density at radius 2 is 1.74 bits per heavy atom. The number of nitrogens with zero attached hydrogens (tertiary/aromatic N) is 1. The second-order valence-corrected chi connectivity index (χ2v) is 7.08. The van der Waals surface area contributed by atoms with Crippen LogP contribution in [0.5, 0.6) is 0 Å². The van der Waals surface area contributed by atoms with Crippen LogP contribution < -0.4 is 10.6 Å². The smallest absolute Gasteiger partial charge is 0.365 e. The molecule has 0 saturated heterocycles. The third-order valence-corrected chi connectivity index (χ3v) is 4.80. The number of pyridine rings is 1. The number of hydrogen-bond donors (Lipinski definition) is 3. The largest absolute Gasteiger partial charge is 0.416 e. The molecule has 0 aliphatic rings. The second-order valence-electron chi connectivity index (χ2n) is 6.70. The van der Waals surface area contributed by atoms with E-state index in [1.807, 2.05) is 30.3 Å². The number of alkyl halides is 3. The summed E-state index contributed by atoms with van der Waals surface area (Å²) in [5.74, 6) is -0.290. The van der Waals surface area contributed by atoms with E-state index in [0.29, 0.717) is 12.4 Å². The Labute approximate surface area is 181 Å². The first-order valence-electron chi connectivity index (χ1n) is 9.17. The first kappa shape index (κ1) is 22.3. The molecule has 3 rings (SSSR count). The minimum atomic E-state index is -4.46. The van der Waals surface area contributed by atoms with Crippen LogP contribution in [0.25, 0.3) is 0 Å². The Balaban J connectivity index is 1.81. The molecule has 0 atom stereocenters. The van der Waals surface area contributed by atoms with Crippen LogP contribution in [0.3, 0.4) is 0 Å². The molecule has 0 saturated carbocycles. The number of hydrogen-bond acceptors (Lipinski definition) is 4. The Hall–Kier alpha value is -3.39. The molecule has 3 aromatic rings. The van der Waals surface area contributed by atoms with Crippen molar-refractivity contribution in [3.05, 3.63) is 88.1 Å². The zero-order valence-corrected chi connectivity index (χ0v) is 17.1. The predicted molar refractivity (Wildman–Crippen MR) is 115 cm³/mol. The summed E-state index contributed by atoms with van der Waals surface area (Å²) in [6, 6.07) is 13.6. The number of aromatic nitrogens is 1. The maximum atomic E-state index is 12.7. The molecule has 0 aliphatic carbocycles. The van der Waals surface area contributed by atoms with Gasteiger partial charge in [-0.2, -0.15) is 13.2 Å². The number of nitrogens with one attached hydrogen (secondary N) is 3. The summed E-state index contributed by atoms with van der Waals surface area (Å²) < 4.78 is 38.1. The molecule has 0 spiro atoms. The highest BCUT2D eigenvalue weighted by Crippen LogP contribution is 2.31. The molecule has 0 bridgehead atoms. The van der Waals surface area contributed by atoms with Crippen molar-refractivity contribution in [3.63, 3.8) is 0 Å². The molecule has 1 aromatic heterocycles. The van der Waals surface area contributed by atoms with Gasteiger partial charge in [-0.15, -0.1) is 0 Å². The van der Waals surface area contributed by atoms with E-state index in [4.69, 9.17) is 17.0 Å². The number of halogens is 4. The predicted octanol–water partition coefficient (Wildman–Crippen LogP) is 6.01. The Morgan fingerprint density at radius 1 is 1.10 bits per heavy atom. The van der Waals surface area contributed by atoms with Crippen molar-refractivity contribution in [2.75, 3.05) is 10.6 Å². The lowest BCUT2D eigenvalue weighted by molar-refractivity contribution is -0.137. The highest BCUT2D eigenvalue weighted by Gasteiger charge is 2.30. The SMILES string of the molecule is CC(=N)c1c(NCc2ccccc2)ncc(C(=O)Nc2ccc(C(F)(F)F)cc2)c1Cl. The third kappa shape index (κ3) is 5.40. The first-order chi connectivity index (χ1) is 14.7. The summed E-state index contributed by atoms with van der Waals surface area (Å²) in [4.78, 5) is 16.9. The van der Waals surface area contributed by atoms with Crippen LogP contribution in [-0.2, 0) is 12.7 Å². The molecule has 160 valence electrons. The van der Waals surface area contributed by atoms with Gasteiger partial charge in [-0.05, 0) is 36.8 Å².